The van der Waals surface area contributed by atoms with Gasteiger partial charge in [-0.2, -0.15) is 0 Å². The highest BCUT2D eigenvalue weighted by Crippen LogP contribution is 2.27. The van der Waals surface area contributed by atoms with E-state index in [1.807, 2.05) is 29.0 Å². The molecule has 0 fully saturated rings. The van der Waals surface area contributed by atoms with Crippen LogP contribution in [0.3, 0.4) is 0 Å². The molecule has 0 aliphatic heterocycles. The summed E-state index contributed by atoms with van der Waals surface area (Å²) in [4.78, 5) is 20.0. The lowest BCUT2D eigenvalue weighted by Crippen LogP contribution is -2.28. The molecule has 0 atom stereocenters. The maximum Gasteiger partial charge on any atom is 0.270 e. The minimum atomic E-state index is -0.0928. The normalized spacial score (nSPS) is 11.0. The van der Waals surface area contributed by atoms with Crippen molar-refractivity contribution in [3.63, 3.8) is 0 Å². The summed E-state index contributed by atoms with van der Waals surface area (Å²) in [6, 6.07) is 14.4. The summed E-state index contributed by atoms with van der Waals surface area (Å²) < 4.78 is 0. The highest BCUT2D eigenvalue weighted by Gasteiger charge is 2.12. The summed E-state index contributed by atoms with van der Waals surface area (Å²) in [6.07, 6.45) is 0.914. The predicted molar refractivity (Wildman–Crippen MR) is 105 cm³/mol. The van der Waals surface area contributed by atoms with Crippen molar-refractivity contribution in [2.75, 3.05) is 20.1 Å². The SMILES string of the molecule is CN(CCCNC(=O)c1csc(-c2cccs2)n1)Cc1ccccc1. The maximum absolute atomic E-state index is 12.2. The molecule has 0 aliphatic carbocycles. The minimum Gasteiger partial charge on any atom is -0.351 e. The Bertz CT molecular complexity index is 784. The Kier molecular flexibility index (Phi) is 6.33. The molecule has 0 spiro atoms. The molecule has 3 rings (SSSR count). The number of carbonyl (C=O) groups is 1. The van der Waals surface area contributed by atoms with Crippen molar-refractivity contribution < 1.29 is 4.79 Å². The topological polar surface area (TPSA) is 45.2 Å². The van der Waals surface area contributed by atoms with Crippen LogP contribution in [0.25, 0.3) is 9.88 Å². The van der Waals surface area contributed by atoms with Gasteiger partial charge < -0.3 is 10.2 Å². The first-order valence-electron chi connectivity index (χ1n) is 8.22. The Hall–Kier alpha value is -2.02. The van der Waals surface area contributed by atoms with Crippen molar-refractivity contribution in [2.45, 2.75) is 13.0 Å². The summed E-state index contributed by atoms with van der Waals surface area (Å²) in [5.41, 5.74) is 1.81. The van der Waals surface area contributed by atoms with Crippen LogP contribution in [0.4, 0.5) is 0 Å². The molecular weight excluding hydrogens is 350 g/mol. The number of nitrogens with zero attached hydrogens (tertiary/aromatic N) is 2. The van der Waals surface area contributed by atoms with E-state index < -0.39 is 0 Å². The van der Waals surface area contributed by atoms with Gasteiger partial charge in [0.25, 0.3) is 5.91 Å². The molecule has 2 heterocycles. The summed E-state index contributed by atoms with van der Waals surface area (Å²) in [6.45, 7) is 2.52. The second-order valence-corrected chi connectivity index (χ2v) is 7.65. The van der Waals surface area contributed by atoms with E-state index in [0.29, 0.717) is 12.2 Å². The van der Waals surface area contributed by atoms with Crippen molar-refractivity contribution in [1.82, 2.24) is 15.2 Å². The van der Waals surface area contributed by atoms with Crippen LogP contribution >= 0.6 is 22.7 Å². The second-order valence-electron chi connectivity index (χ2n) is 5.85. The molecule has 25 heavy (non-hydrogen) atoms. The van der Waals surface area contributed by atoms with Gasteiger partial charge >= 0.3 is 0 Å². The van der Waals surface area contributed by atoms with Crippen LogP contribution in [0, 0.1) is 0 Å². The van der Waals surface area contributed by atoms with Crippen molar-refractivity contribution >= 4 is 28.6 Å². The van der Waals surface area contributed by atoms with Gasteiger partial charge in [0, 0.05) is 18.5 Å². The fraction of sp³-hybridized carbons (Fsp3) is 0.263. The zero-order chi connectivity index (χ0) is 17.5. The zero-order valence-corrected chi connectivity index (χ0v) is 15.8. The number of thiazole rings is 1. The van der Waals surface area contributed by atoms with Crippen molar-refractivity contribution in [1.29, 1.82) is 0 Å². The number of amides is 1. The average molecular weight is 372 g/mol. The molecule has 3 aromatic rings. The highest BCUT2D eigenvalue weighted by molar-refractivity contribution is 7.20. The summed E-state index contributed by atoms with van der Waals surface area (Å²) in [5.74, 6) is -0.0928. The number of aromatic nitrogens is 1. The van der Waals surface area contributed by atoms with Crippen LogP contribution in [0.2, 0.25) is 0 Å². The molecule has 1 aromatic carbocycles. The van der Waals surface area contributed by atoms with Crippen LogP contribution in [-0.2, 0) is 6.54 Å². The van der Waals surface area contributed by atoms with E-state index in [1.54, 1.807) is 11.3 Å². The van der Waals surface area contributed by atoms with Crippen LogP contribution in [0.15, 0.2) is 53.2 Å². The van der Waals surface area contributed by atoms with Gasteiger partial charge in [0.15, 0.2) is 0 Å². The molecule has 0 bridgehead atoms. The fourth-order valence-electron chi connectivity index (χ4n) is 2.51. The zero-order valence-electron chi connectivity index (χ0n) is 14.1. The molecule has 0 saturated heterocycles. The molecule has 0 saturated carbocycles. The van der Waals surface area contributed by atoms with Gasteiger partial charge in [-0.25, -0.2) is 4.98 Å². The second kappa shape index (κ2) is 8.89. The Morgan fingerprint density at radius 2 is 2.00 bits per heavy atom. The van der Waals surface area contributed by atoms with E-state index >= 15 is 0 Å². The van der Waals surface area contributed by atoms with Crippen molar-refractivity contribution in [2.24, 2.45) is 0 Å². The molecule has 0 unspecified atom stereocenters. The molecule has 2 aromatic heterocycles. The lowest BCUT2D eigenvalue weighted by molar-refractivity contribution is 0.0947. The smallest absolute Gasteiger partial charge is 0.270 e. The van der Waals surface area contributed by atoms with Gasteiger partial charge in [-0.3, -0.25) is 4.79 Å². The van der Waals surface area contributed by atoms with Crippen LogP contribution in [-0.4, -0.2) is 35.9 Å². The highest BCUT2D eigenvalue weighted by atomic mass is 32.1. The number of benzene rings is 1. The van der Waals surface area contributed by atoms with E-state index in [9.17, 15) is 4.79 Å². The molecular formula is C19H21N3OS2. The molecule has 0 radical (unpaired) electrons. The Morgan fingerprint density at radius 1 is 1.16 bits per heavy atom. The monoisotopic (exact) mass is 371 g/mol. The van der Waals surface area contributed by atoms with E-state index in [0.717, 1.165) is 29.4 Å². The summed E-state index contributed by atoms with van der Waals surface area (Å²) >= 11 is 3.15. The molecule has 130 valence electrons. The first kappa shape index (κ1) is 17.8. The number of rotatable bonds is 8. The number of nitrogens with one attached hydrogen (secondary N) is 1. The summed E-state index contributed by atoms with van der Waals surface area (Å²) in [7, 11) is 2.10. The van der Waals surface area contributed by atoms with Crippen molar-refractivity contribution in [3.8, 4) is 9.88 Å². The third-order valence-electron chi connectivity index (χ3n) is 3.77. The standard InChI is InChI=1S/C19H21N3OS2/c1-22(13-15-7-3-2-4-8-15)11-6-10-20-18(23)16-14-25-19(21-16)17-9-5-12-24-17/h2-5,7-9,12,14H,6,10-11,13H2,1H3,(H,20,23). The lowest BCUT2D eigenvalue weighted by Gasteiger charge is -2.16. The van der Waals surface area contributed by atoms with E-state index in [2.05, 4.69) is 46.5 Å². The maximum atomic E-state index is 12.2. The summed E-state index contributed by atoms with van der Waals surface area (Å²) in [5, 5.41) is 7.71. The Labute approximate surface area is 156 Å². The Morgan fingerprint density at radius 3 is 2.76 bits per heavy atom. The number of carbonyl (C=O) groups excluding carboxylic acids is 1. The van der Waals surface area contributed by atoms with E-state index in [1.165, 1.54) is 16.9 Å². The average Bonchev–Trinajstić information content (AvgIpc) is 3.30. The first-order chi connectivity index (χ1) is 12.2. The number of thiophene rings is 1. The van der Waals surface area contributed by atoms with Crippen molar-refractivity contribution in [3.05, 3.63) is 64.5 Å². The Balaban J connectivity index is 1.39. The minimum absolute atomic E-state index is 0.0928. The van der Waals surface area contributed by atoms with Gasteiger partial charge in [0.2, 0.25) is 0 Å². The number of hydrogen-bond donors (Lipinski definition) is 1. The van der Waals surface area contributed by atoms with Gasteiger partial charge in [-0.15, -0.1) is 22.7 Å². The van der Waals surface area contributed by atoms with Crippen LogP contribution in [0.1, 0.15) is 22.5 Å². The van der Waals surface area contributed by atoms with E-state index in [4.69, 9.17) is 0 Å². The van der Waals surface area contributed by atoms with Gasteiger partial charge in [0.05, 0.1) is 4.88 Å². The molecule has 1 amide bonds. The number of hydrogen-bond acceptors (Lipinski definition) is 5. The predicted octanol–water partition coefficient (Wildman–Crippen LogP) is 4.12. The van der Waals surface area contributed by atoms with Gasteiger partial charge in [-0.05, 0) is 37.0 Å². The lowest BCUT2D eigenvalue weighted by atomic mass is 10.2. The molecule has 1 N–H and O–H groups in total. The van der Waals surface area contributed by atoms with Crippen LogP contribution in [0.5, 0.6) is 0 Å². The fourth-order valence-corrected chi connectivity index (χ4v) is 4.12. The van der Waals surface area contributed by atoms with Gasteiger partial charge in [-0.1, -0.05) is 36.4 Å². The molecule has 0 aliphatic rings. The van der Waals surface area contributed by atoms with Crippen LogP contribution < -0.4 is 5.32 Å². The third kappa shape index (κ3) is 5.22. The molecule has 6 heteroatoms. The van der Waals surface area contributed by atoms with E-state index in [-0.39, 0.29) is 5.91 Å². The first-order valence-corrected chi connectivity index (χ1v) is 9.98. The molecule has 4 nitrogen and oxygen atoms in total. The third-order valence-corrected chi connectivity index (χ3v) is 5.65. The largest absolute Gasteiger partial charge is 0.351 e. The quantitative estimate of drug-likeness (QED) is 0.606. The van der Waals surface area contributed by atoms with Gasteiger partial charge in [0.1, 0.15) is 10.7 Å².